The molecule has 3 fully saturated rings. The van der Waals surface area contributed by atoms with Crippen molar-refractivity contribution in [3.63, 3.8) is 0 Å². The van der Waals surface area contributed by atoms with Crippen LogP contribution in [0, 0.1) is 5.41 Å². The van der Waals surface area contributed by atoms with Gasteiger partial charge in [-0.1, -0.05) is 26.7 Å². The Morgan fingerprint density at radius 2 is 1.80 bits per heavy atom. The SMILES string of the molecule is CCC1(C)CCN(C2(CN)CCN3CCCCC32)CC1. The smallest absolute Gasteiger partial charge is 0.0498 e. The summed E-state index contributed by atoms with van der Waals surface area (Å²) in [6.45, 7) is 10.8. The Bertz CT molecular complexity index is 335. The lowest BCUT2D eigenvalue weighted by Crippen LogP contribution is -2.63. The summed E-state index contributed by atoms with van der Waals surface area (Å²) in [5, 5.41) is 0. The van der Waals surface area contributed by atoms with Crippen molar-refractivity contribution < 1.29 is 0 Å². The van der Waals surface area contributed by atoms with E-state index in [0.29, 0.717) is 11.0 Å². The summed E-state index contributed by atoms with van der Waals surface area (Å²) in [7, 11) is 0. The highest BCUT2D eigenvalue weighted by Crippen LogP contribution is 2.43. The zero-order valence-corrected chi connectivity index (χ0v) is 13.5. The second kappa shape index (κ2) is 5.58. The Morgan fingerprint density at radius 3 is 2.45 bits per heavy atom. The molecule has 0 aliphatic carbocycles. The highest BCUT2D eigenvalue weighted by Gasteiger charge is 2.51. The molecule has 3 nitrogen and oxygen atoms in total. The van der Waals surface area contributed by atoms with E-state index in [-0.39, 0.29) is 0 Å². The molecule has 116 valence electrons. The number of fused-ring (bicyclic) bond motifs is 1. The second-order valence-corrected chi connectivity index (χ2v) is 7.76. The molecule has 3 aliphatic heterocycles. The van der Waals surface area contributed by atoms with E-state index < -0.39 is 0 Å². The molecular formula is C17H33N3. The first-order valence-corrected chi connectivity index (χ1v) is 8.83. The maximum Gasteiger partial charge on any atom is 0.0498 e. The topological polar surface area (TPSA) is 32.5 Å². The van der Waals surface area contributed by atoms with Gasteiger partial charge in [0.15, 0.2) is 0 Å². The minimum atomic E-state index is 0.301. The first-order valence-electron chi connectivity index (χ1n) is 8.83. The lowest BCUT2D eigenvalue weighted by Gasteiger charge is -2.51. The lowest BCUT2D eigenvalue weighted by atomic mass is 9.75. The van der Waals surface area contributed by atoms with Gasteiger partial charge < -0.3 is 5.73 Å². The predicted molar refractivity (Wildman–Crippen MR) is 84.8 cm³/mol. The predicted octanol–water partition coefficient (Wildman–Crippen LogP) is 2.45. The van der Waals surface area contributed by atoms with Crippen molar-refractivity contribution in [2.75, 3.05) is 32.7 Å². The molecular weight excluding hydrogens is 246 g/mol. The van der Waals surface area contributed by atoms with Gasteiger partial charge in [0.05, 0.1) is 0 Å². The third-order valence-electron chi connectivity index (χ3n) is 6.87. The van der Waals surface area contributed by atoms with Gasteiger partial charge in [-0.2, -0.15) is 0 Å². The van der Waals surface area contributed by atoms with Gasteiger partial charge in [-0.3, -0.25) is 9.80 Å². The van der Waals surface area contributed by atoms with Crippen LogP contribution in [-0.4, -0.2) is 54.1 Å². The van der Waals surface area contributed by atoms with E-state index >= 15 is 0 Å². The van der Waals surface area contributed by atoms with Gasteiger partial charge in [0, 0.05) is 24.7 Å². The molecule has 3 saturated heterocycles. The molecule has 2 N–H and O–H groups in total. The molecule has 0 saturated carbocycles. The van der Waals surface area contributed by atoms with Crippen LogP contribution in [0.3, 0.4) is 0 Å². The van der Waals surface area contributed by atoms with Crippen molar-refractivity contribution in [2.24, 2.45) is 11.1 Å². The van der Waals surface area contributed by atoms with Crippen LogP contribution in [0.4, 0.5) is 0 Å². The van der Waals surface area contributed by atoms with Gasteiger partial charge in [-0.15, -0.1) is 0 Å². The van der Waals surface area contributed by atoms with Gasteiger partial charge in [0.2, 0.25) is 0 Å². The van der Waals surface area contributed by atoms with E-state index in [9.17, 15) is 0 Å². The summed E-state index contributed by atoms with van der Waals surface area (Å²) in [5.41, 5.74) is 7.22. The van der Waals surface area contributed by atoms with Gasteiger partial charge in [0.1, 0.15) is 0 Å². The first-order chi connectivity index (χ1) is 9.63. The summed E-state index contributed by atoms with van der Waals surface area (Å²) < 4.78 is 0. The minimum Gasteiger partial charge on any atom is -0.329 e. The average Bonchev–Trinajstić information content (AvgIpc) is 2.88. The summed E-state index contributed by atoms with van der Waals surface area (Å²) >= 11 is 0. The van der Waals surface area contributed by atoms with E-state index in [0.717, 1.165) is 12.6 Å². The van der Waals surface area contributed by atoms with Crippen LogP contribution in [0.25, 0.3) is 0 Å². The first kappa shape index (κ1) is 14.8. The zero-order chi connectivity index (χ0) is 14.2. The highest BCUT2D eigenvalue weighted by atomic mass is 15.3. The van der Waals surface area contributed by atoms with Crippen LogP contribution in [-0.2, 0) is 0 Å². The molecule has 0 radical (unpaired) electrons. The van der Waals surface area contributed by atoms with Crippen molar-refractivity contribution >= 4 is 0 Å². The lowest BCUT2D eigenvalue weighted by molar-refractivity contribution is -0.00528. The van der Waals surface area contributed by atoms with E-state index in [4.69, 9.17) is 5.73 Å². The molecule has 3 rings (SSSR count). The van der Waals surface area contributed by atoms with Crippen molar-refractivity contribution in [2.45, 2.75) is 70.4 Å². The molecule has 3 heterocycles. The van der Waals surface area contributed by atoms with Crippen LogP contribution >= 0.6 is 0 Å². The normalized spacial score (nSPS) is 38.9. The van der Waals surface area contributed by atoms with Crippen LogP contribution < -0.4 is 5.73 Å². The second-order valence-electron chi connectivity index (χ2n) is 7.76. The summed E-state index contributed by atoms with van der Waals surface area (Å²) in [6.07, 6.45) is 9.52. The maximum absolute atomic E-state index is 6.34. The fourth-order valence-corrected chi connectivity index (χ4v) is 4.95. The number of hydrogen-bond acceptors (Lipinski definition) is 3. The van der Waals surface area contributed by atoms with E-state index in [2.05, 4.69) is 23.6 Å². The number of piperidine rings is 2. The Hall–Kier alpha value is -0.120. The van der Waals surface area contributed by atoms with Crippen LogP contribution in [0.15, 0.2) is 0 Å². The average molecular weight is 279 g/mol. The largest absolute Gasteiger partial charge is 0.329 e. The Kier molecular flexibility index (Phi) is 4.13. The van der Waals surface area contributed by atoms with Crippen LogP contribution in [0.1, 0.15) is 58.8 Å². The van der Waals surface area contributed by atoms with Gasteiger partial charge in [-0.05, 0) is 57.2 Å². The van der Waals surface area contributed by atoms with E-state index in [1.165, 1.54) is 71.1 Å². The van der Waals surface area contributed by atoms with Crippen LogP contribution in [0.5, 0.6) is 0 Å². The molecule has 20 heavy (non-hydrogen) atoms. The molecule has 2 atom stereocenters. The Balaban J connectivity index is 1.74. The number of likely N-dealkylation sites (tertiary alicyclic amines) is 1. The molecule has 0 bridgehead atoms. The fraction of sp³-hybridized carbons (Fsp3) is 1.00. The van der Waals surface area contributed by atoms with Crippen LogP contribution in [0.2, 0.25) is 0 Å². The van der Waals surface area contributed by atoms with E-state index in [1.54, 1.807) is 0 Å². The molecule has 0 amide bonds. The fourth-order valence-electron chi connectivity index (χ4n) is 4.95. The van der Waals surface area contributed by atoms with Gasteiger partial charge in [0.25, 0.3) is 0 Å². The molecule has 2 unspecified atom stereocenters. The Morgan fingerprint density at radius 1 is 1.05 bits per heavy atom. The van der Waals surface area contributed by atoms with Crippen molar-refractivity contribution in [3.05, 3.63) is 0 Å². The monoisotopic (exact) mass is 279 g/mol. The number of rotatable bonds is 3. The van der Waals surface area contributed by atoms with Gasteiger partial charge >= 0.3 is 0 Å². The standard InChI is InChI=1S/C17H33N3/c1-3-16(2)7-12-20(13-8-16)17(14-18)9-11-19-10-5-4-6-15(17)19/h15H,3-14,18H2,1-2H3. The highest BCUT2D eigenvalue weighted by molar-refractivity contribution is 5.09. The Labute approximate surface area is 124 Å². The van der Waals surface area contributed by atoms with Crippen molar-refractivity contribution in [1.29, 1.82) is 0 Å². The number of hydrogen-bond donors (Lipinski definition) is 1. The summed E-state index contributed by atoms with van der Waals surface area (Å²) in [4.78, 5) is 5.53. The quantitative estimate of drug-likeness (QED) is 0.861. The van der Waals surface area contributed by atoms with Gasteiger partial charge in [-0.25, -0.2) is 0 Å². The summed E-state index contributed by atoms with van der Waals surface area (Å²) in [5.74, 6) is 0. The summed E-state index contributed by atoms with van der Waals surface area (Å²) in [6, 6.07) is 0.743. The molecule has 0 aromatic carbocycles. The number of nitrogens with two attached hydrogens (primary N) is 1. The molecule has 0 aromatic heterocycles. The maximum atomic E-state index is 6.34. The molecule has 3 aliphatic rings. The third-order valence-corrected chi connectivity index (χ3v) is 6.87. The number of nitrogens with zero attached hydrogens (tertiary/aromatic N) is 2. The van der Waals surface area contributed by atoms with Crippen molar-refractivity contribution in [1.82, 2.24) is 9.80 Å². The zero-order valence-electron chi connectivity index (χ0n) is 13.5. The minimum absolute atomic E-state index is 0.301. The van der Waals surface area contributed by atoms with Crippen molar-refractivity contribution in [3.8, 4) is 0 Å². The molecule has 0 aromatic rings. The third kappa shape index (κ3) is 2.32. The molecule has 3 heteroatoms. The molecule has 0 spiro atoms. The van der Waals surface area contributed by atoms with E-state index in [1.807, 2.05) is 0 Å².